The highest BCUT2D eigenvalue weighted by molar-refractivity contribution is 7.90. The van der Waals surface area contributed by atoms with Crippen LogP contribution in [0.2, 0.25) is 0 Å². The first kappa shape index (κ1) is 21.9. The Morgan fingerprint density at radius 2 is 1.91 bits per heavy atom. The molecule has 7 nitrogen and oxygen atoms in total. The molecule has 1 atom stereocenters. The predicted octanol–water partition coefficient (Wildman–Crippen LogP) is 4.42. The Morgan fingerprint density at radius 3 is 2.61 bits per heavy atom. The maximum Gasteiger partial charge on any atom is 0.175 e. The van der Waals surface area contributed by atoms with Crippen LogP contribution >= 0.6 is 0 Å². The van der Waals surface area contributed by atoms with E-state index in [0.717, 1.165) is 54.9 Å². The summed E-state index contributed by atoms with van der Waals surface area (Å²) < 4.78 is 33.4. The van der Waals surface area contributed by atoms with Crippen LogP contribution in [0.4, 0.5) is 0 Å². The molecule has 0 aliphatic carbocycles. The third-order valence-corrected chi connectivity index (χ3v) is 7.41. The number of fused-ring (bicyclic) bond motifs is 1. The van der Waals surface area contributed by atoms with Gasteiger partial charge in [-0.05, 0) is 62.1 Å². The Kier molecular flexibility index (Phi) is 5.80. The van der Waals surface area contributed by atoms with E-state index in [1.807, 2.05) is 10.7 Å². The lowest BCUT2D eigenvalue weighted by molar-refractivity contribution is 0.00367. The van der Waals surface area contributed by atoms with Gasteiger partial charge in [0.05, 0.1) is 40.6 Å². The largest absolute Gasteiger partial charge is 0.376 e. The van der Waals surface area contributed by atoms with Gasteiger partial charge in [-0.2, -0.15) is 10.2 Å². The molecule has 1 fully saturated rings. The summed E-state index contributed by atoms with van der Waals surface area (Å²) in [6.07, 6.45) is 7.54. The van der Waals surface area contributed by atoms with E-state index >= 15 is 0 Å². The number of aryl methyl sites for hydroxylation is 1. The Bertz CT molecular complexity index is 1380. The summed E-state index contributed by atoms with van der Waals surface area (Å²) in [7, 11) is -3.24. The quantitative estimate of drug-likeness (QED) is 0.422. The van der Waals surface area contributed by atoms with E-state index in [-0.39, 0.29) is 6.10 Å². The second-order valence-corrected chi connectivity index (χ2v) is 10.6. The molecule has 3 heterocycles. The minimum absolute atomic E-state index is 0.231. The van der Waals surface area contributed by atoms with Crippen molar-refractivity contribution in [3.8, 4) is 16.9 Å². The van der Waals surface area contributed by atoms with Crippen LogP contribution in [0.25, 0.3) is 27.8 Å². The van der Waals surface area contributed by atoms with Gasteiger partial charge in [-0.25, -0.2) is 13.1 Å². The maximum atomic E-state index is 11.8. The van der Waals surface area contributed by atoms with Crippen LogP contribution in [0, 0.1) is 0 Å². The summed E-state index contributed by atoms with van der Waals surface area (Å²) in [5.41, 5.74) is 4.92. The Hall–Kier alpha value is -2.97. The van der Waals surface area contributed by atoms with Crippen molar-refractivity contribution >= 4 is 20.7 Å². The molecule has 172 valence electrons. The SMILES string of the molecule is CCc1c2ccc(-c3ccnn3-c3ccc(S(C)(=O)=O)cc3)cc2nn1CC1CCCCO1. The molecule has 1 aliphatic heterocycles. The van der Waals surface area contributed by atoms with Gasteiger partial charge in [-0.15, -0.1) is 0 Å². The summed E-state index contributed by atoms with van der Waals surface area (Å²) in [6.45, 7) is 3.79. The number of ether oxygens (including phenoxy) is 1. The van der Waals surface area contributed by atoms with Crippen LogP contribution in [0.5, 0.6) is 0 Å². The highest BCUT2D eigenvalue weighted by atomic mass is 32.2. The van der Waals surface area contributed by atoms with Crippen molar-refractivity contribution in [3.05, 3.63) is 60.4 Å². The van der Waals surface area contributed by atoms with E-state index in [0.29, 0.717) is 4.90 Å². The maximum absolute atomic E-state index is 11.8. The van der Waals surface area contributed by atoms with Crippen LogP contribution in [0.1, 0.15) is 31.9 Å². The average Bonchev–Trinajstić information content (AvgIpc) is 3.43. The van der Waals surface area contributed by atoms with E-state index in [9.17, 15) is 8.42 Å². The minimum Gasteiger partial charge on any atom is -0.376 e. The summed E-state index contributed by atoms with van der Waals surface area (Å²) >= 11 is 0. The first-order valence-corrected chi connectivity index (χ1v) is 13.3. The van der Waals surface area contributed by atoms with Crippen molar-refractivity contribution in [1.29, 1.82) is 0 Å². The fourth-order valence-corrected chi connectivity index (χ4v) is 5.21. The second kappa shape index (κ2) is 8.76. The van der Waals surface area contributed by atoms with Crippen molar-refractivity contribution in [3.63, 3.8) is 0 Å². The molecule has 0 radical (unpaired) electrons. The van der Waals surface area contributed by atoms with Crippen LogP contribution in [0.3, 0.4) is 0 Å². The number of rotatable bonds is 6. The molecule has 1 saturated heterocycles. The van der Waals surface area contributed by atoms with E-state index in [4.69, 9.17) is 9.84 Å². The van der Waals surface area contributed by atoms with E-state index in [2.05, 4.69) is 34.9 Å². The number of benzene rings is 2. The fourth-order valence-electron chi connectivity index (χ4n) is 4.58. The highest BCUT2D eigenvalue weighted by Gasteiger charge is 2.19. The van der Waals surface area contributed by atoms with Gasteiger partial charge in [0.25, 0.3) is 0 Å². The molecule has 2 aromatic heterocycles. The third-order valence-electron chi connectivity index (χ3n) is 6.28. The molecular formula is C25H28N4O3S. The second-order valence-electron chi connectivity index (χ2n) is 8.60. The van der Waals surface area contributed by atoms with Crippen molar-refractivity contribution < 1.29 is 13.2 Å². The van der Waals surface area contributed by atoms with Gasteiger partial charge >= 0.3 is 0 Å². The number of hydrogen-bond acceptors (Lipinski definition) is 5. The summed E-state index contributed by atoms with van der Waals surface area (Å²) in [4.78, 5) is 0.293. The normalized spacial score (nSPS) is 17.0. The summed E-state index contributed by atoms with van der Waals surface area (Å²) in [6, 6.07) is 15.1. The van der Waals surface area contributed by atoms with E-state index in [1.165, 1.54) is 23.8 Å². The molecule has 8 heteroatoms. The zero-order valence-corrected chi connectivity index (χ0v) is 19.8. The van der Waals surface area contributed by atoms with Crippen molar-refractivity contribution in [2.75, 3.05) is 12.9 Å². The van der Waals surface area contributed by atoms with Crippen molar-refractivity contribution in [1.82, 2.24) is 19.6 Å². The first-order valence-electron chi connectivity index (χ1n) is 11.4. The van der Waals surface area contributed by atoms with E-state index < -0.39 is 9.84 Å². The van der Waals surface area contributed by atoms with Crippen molar-refractivity contribution in [2.45, 2.75) is 50.2 Å². The van der Waals surface area contributed by atoms with Gasteiger partial charge in [0.15, 0.2) is 9.84 Å². The molecular weight excluding hydrogens is 436 g/mol. The number of nitrogens with zero attached hydrogens (tertiary/aromatic N) is 4. The van der Waals surface area contributed by atoms with Gasteiger partial charge in [0, 0.05) is 29.5 Å². The smallest absolute Gasteiger partial charge is 0.175 e. The molecule has 5 rings (SSSR count). The van der Waals surface area contributed by atoms with Crippen LogP contribution < -0.4 is 0 Å². The highest BCUT2D eigenvalue weighted by Crippen LogP contribution is 2.29. The molecule has 33 heavy (non-hydrogen) atoms. The molecule has 0 spiro atoms. The molecule has 0 saturated carbocycles. The molecule has 1 unspecified atom stereocenters. The lowest BCUT2D eigenvalue weighted by atomic mass is 10.1. The molecule has 4 aromatic rings. The van der Waals surface area contributed by atoms with Crippen LogP contribution in [-0.2, 0) is 27.5 Å². The lowest BCUT2D eigenvalue weighted by Gasteiger charge is -2.23. The van der Waals surface area contributed by atoms with Crippen LogP contribution in [0.15, 0.2) is 59.6 Å². The number of sulfone groups is 1. The third kappa shape index (κ3) is 4.32. The Morgan fingerprint density at radius 1 is 1.09 bits per heavy atom. The minimum atomic E-state index is -3.24. The zero-order chi connectivity index (χ0) is 23.0. The van der Waals surface area contributed by atoms with E-state index in [1.54, 1.807) is 30.5 Å². The predicted molar refractivity (Wildman–Crippen MR) is 128 cm³/mol. The molecule has 0 amide bonds. The molecule has 2 aromatic carbocycles. The van der Waals surface area contributed by atoms with Gasteiger partial charge in [0.1, 0.15) is 0 Å². The van der Waals surface area contributed by atoms with Gasteiger partial charge in [0.2, 0.25) is 0 Å². The first-order chi connectivity index (χ1) is 15.9. The number of hydrogen-bond donors (Lipinski definition) is 0. The molecule has 1 aliphatic rings. The lowest BCUT2D eigenvalue weighted by Crippen LogP contribution is -2.25. The Balaban J connectivity index is 1.49. The summed E-state index contributed by atoms with van der Waals surface area (Å²) in [5.74, 6) is 0. The number of aromatic nitrogens is 4. The molecule has 0 N–H and O–H groups in total. The van der Waals surface area contributed by atoms with Gasteiger partial charge < -0.3 is 4.74 Å². The molecule has 0 bridgehead atoms. The topological polar surface area (TPSA) is 79.0 Å². The standard InChI is InChI=1S/C25H28N4O3S/c1-3-24-22-12-7-18(16-23(22)27-28(24)17-20-6-4-5-15-32-20)25-13-14-26-29(25)19-8-10-21(11-9-19)33(2,30)31/h7-14,16,20H,3-6,15,17H2,1-2H3. The van der Waals surface area contributed by atoms with Gasteiger partial charge in [-0.1, -0.05) is 19.1 Å². The monoisotopic (exact) mass is 464 g/mol. The van der Waals surface area contributed by atoms with Crippen molar-refractivity contribution in [2.24, 2.45) is 0 Å². The van der Waals surface area contributed by atoms with Gasteiger partial charge in [-0.3, -0.25) is 4.68 Å². The van der Waals surface area contributed by atoms with Crippen LogP contribution in [-0.4, -0.2) is 46.9 Å². The zero-order valence-electron chi connectivity index (χ0n) is 18.9. The fraction of sp³-hybridized carbons (Fsp3) is 0.360. The summed E-state index contributed by atoms with van der Waals surface area (Å²) in [5, 5.41) is 10.6. The average molecular weight is 465 g/mol. The Labute approximate surface area is 193 Å².